The van der Waals surface area contributed by atoms with Crippen LogP contribution in [0.1, 0.15) is 21.5 Å². The van der Waals surface area contributed by atoms with Gasteiger partial charge in [-0.25, -0.2) is 0 Å². The van der Waals surface area contributed by atoms with Crippen molar-refractivity contribution in [2.24, 2.45) is 0 Å². The molecule has 2 nitrogen and oxygen atoms in total. The van der Waals surface area contributed by atoms with Gasteiger partial charge < -0.3 is 5.11 Å². The second-order valence-corrected chi connectivity index (χ2v) is 5.11. The van der Waals surface area contributed by atoms with Crippen LogP contribution in [0, 0.1) is 6.92 Å². The Bertz CT molecular complexity index is 705. The quantitative estimate of drug-likeness (QED) is 0.669. The van der Waals surface area contributed by atoms with Gasteiger partial charge in [-0.05, 0) is 36.2 Å². The number of hydrogen-bond acceptors (Lipinski definition) is 2. The molecule has 0 bridgehead atoms. The number of fused-ring (bicyclic) bond motifs is 3. The maximum Gasteiger partial charge on any atom is 0.198 e. The second kappa shape index (κ2) is 3.74. The van der Waals surface area contributed by atoms with Crippen molar-refractivity contribution in [3.8, 4) is 16.9 Å². The van der Waals surface area contributed by atoms with Crippen molar-refractivity contribution in [1.29, 1.82) is 0 Å². The van der Waals surface area contributed by atoms with Gasteiger partial charge in [0, 0.05) is 16.1 Å². The highest BCUT2D eigenvalue weighted by Gasteiger charge is 2.32. The monoisotopic (exact) mass is 278 g/mol. The first-order valence-electron chi connectivity index (χ1n) is 5.37. The third-order valence-corrected chi connectivity index (χ3v) is 3.87. The average Bonchev–Trinajstić information content (AvgIpc) is 2.60. The Hall–Kier alpha value is -1.51. The molecule has 1 N–H and O–H groups in total. The highest BCUT2D eigenvalue weighted by molar-refractivity contribution is 6.38. The van der Waals surface area contributed by atoms with E-state index in [1.165, 1.54) is 6.07 Å². The van der Waals surface area contributed by atoms with Crippen LogP contribution < -0.4 is 0 Å². The normalized spacial score (nSPS) is 12.5. The fourth-order valence-corrected chi connectivity index (χ4v) is 2.74. The number of halogens is 2. The Morgan fingerprint density at radius 1 is 1.06 bits per heavy atom. The minimum Gasteiger partial charge on any atom is -0.507 e. The Balaban J connectivity index is 2.45. The zero-order valence-corrected chi connectivity index (χ0v) is 10.9. The maximum absolute atomic E-state index is 12.2. The molecule has 0 atom stereocenters. The molecule has 3 rings (SSSR count). The predicted octanol–water partition coefficient (Wildman–Crippen LogP) is 4.22. The van der Waals surface area contributed by atoms with E-state index in [0.717, 1.165) is 11.1 Å². The van der Waals surface area contributed by atoms with Gasteiger partial charge in [0.25, 0.3) is 0 Å². The molecule has 0 fully saturated rings. The number of carbonyl (C=O) groups is 1. The van der Waals surface area contributed by atoms with Crippen LogP contribution in [0.4, 0.5) is 0 Å². The number of benzene rings is 2. The van der Waals surface area contributed by atoms with E-state index in [-0.39, 0.29) is 17.1 Å². The lowest BCUT2D eigenvalue weighted by Crippen LogP contribution is -1.96. The molecule has 4 heteroatoms. The van der Waals surface area contributed by atoms with Gasteiger partial charge in [-0.3, -0.25) is 4.79 Å². The van der Waals surface area contributed by atoms with Crippen LogP contribution in [-0.2, 0) is 0 Å². The first-order valence-corrected chi connectivity index (χ1v) is 6.13. The number of aromatic hydroxyl groups is 1. The van der Waals surface area contributed by atoms with E-state index in [1.54, 1.807) is 25.1 Å². The van der Waals surface area contributed by atoms with Crippen molar-refractivity contribution >= 4 is 29.0 Å². The molecule has 0 amide bonds. The van der Waals surface area contributed by atoms with Gasteiger partial charge in [0.15, 0.2) is 5.78 Å². The topological polar surface area (TPSA) is 37.3 Å². The summed E-state index contributed by atoms with van der Waals surface area (Å²) in [5.41, 5.74) is 2.82. The van der Waals surface area contributed by atoms with Crippen LogP contribution in [0.2, 0.25) is 10.0 Å². The highest BCUT2D eigenvalue weighted by Crippen LogP contribution is 2.46. The molecule has 0 saturated heterocycles. The van der Waals surface area contributed by atoms with Gasteiger partial charge in [0.1, 0.15) is 5.75 Å². The van der Waals surface area contributed by atoms with Crippen molar-refractivity contribution in [3.05, 3.63) is 51.0 Å². The molecule has 0 aliphatic heterocycles. The summed E-state index contributed by atoms with van der Waals surface area (Å²) in [6.45, 7) is 1.79. The minimum atomic E-state index is -0.234. The molecule has 2 aromatic carbocycles. The minimum absolute atomic E-state index is 0.0378. The number of phenolic OH excluding ortho intramolecular Hbond substituents is 1. The van der Waals surface area contributed by atoms with Crippen molar-refractivity contribution in [2.45, 2.75) is 6.92 Å². The number of rotatable bonds is 0. The zero-order valence-electron chi connectivity index (χ0n) is 9.42. The summed E-state index contributed by atoms with van der Waals surface area (Å²) in [6, 6.07) is 6.57. The lowest BCUT2D eigenvalue weighted by atomic mass is 10.0. The number of aryl methyl sites for hydroxylation is 1. The third-order valence-electron chi connectivity index (χ3n) is 3.15. The first-order chi connectivity index (χ1) is 8.50. The van der Waals surface area contributed by atoms with Crippen LogP contribution in [0.25, 0.3) is 11.1 Å². The van der Waals surface area contributed by atoms with E-state index >= 15 is 0 Å². The highest BCUT2D eigenvalue weighted by atomic mass is 35.5. The van der Waals surface area contributed by atoms with Gasteiger partial charge >= 0.3 is 0 Å². The van der Waals surface area contributed by atoms with Crippen LogP contribution in [0.3, 0.4) is 0 Å². The SMILES string of the molecule is Cc1cc(O)c2c(c1Cl)-c1ccc(Cl)cc1C2=O. The molecule has 0 unspecified atom stereocenters. The Labute approximate surface area is 114 Å². The van der Waals surface area contributed by atoms with E-state index in [0.29, 0.717) is 21.2 Å². The Kier molecular flexibility index (Phi) is 2.40. The Morgan fingerprint density at radius 2 is 1.78 bits per heavy atom. The van der Waals surface area contributed by atoms with Gasteiger partial charge in [-0.2, -0.15) is 0 Å². The smallest absolute Gasteiger partial charge is 0.198 e. The van der Waals surface area contributed by atoms with Crippen LogP contribution >= 0.6 is 23.2 Å². The summed E-state index contributed by atoms with van der Waals surface area (Å²) in [5.74, 6) is -0.272. The summed E-state index contributed by atoms with van der Waals surface area (Å²) < 4.78 is 0. The van der Waals surface area contributed by atoms with E-state index in [1.807, 2.05) is 0 Å². The van der Waals surface area contributed by atoms with Crippen LogP contribution in [-0.4, -0.2) is 10.9 Å². The van der Waals surface area contributed by atoms with Crippen molar-refractivity contribution < 1.29 is 9.90 Å². The summed E-state index contributed by atoms with van der Waals surface area (Å²) in [6.07, 6.45) is 0. The molecule has 0 aromatic heterocycles. The van der Waals surface area contributed by atoms with Gasteiger partial charge in [0.2, 0.25) is 0 Å². The first kappa shape index (κ1) is 11.6. The number of carbonyl (C=O) groups excluding carboxylic acids is 1. The van der Waals surface area contributed by atoms with E-state index in [2.05, 4.69) is 0 Å². The third kappa shape index (κ3) is 1.39. The fraction of sp³-hybridized carbons (Fsp3) is 0.0714. The summed E-state index contributed by atoms with van der Waals surface area (Å²) in [7, 11) is 0. The molecule has 18 heavy (non-hydrogen) atoms. The van der Waals surface area contributed by atoms with E-state index in [9.17, 15) is 9.90 Å². The van der Waals surface area contributed by atoms with E-state index < -0.39 is 0 Å². The summed E-state index contributed by atoms with van der Waals surface area (Å²) in [5, 5.41) is 10.9. The molecule has 0 saturated carbocycles. The number of hydrogen-bond donors (Lipinski definition) is 1. The molecule has 0 spiro atoms. The standard InChI is InChI=1S/C14H8Cl2O2/c1-6-4-10(17)12-11(13(6)16)8-3-2-7(15)5-9(8)14(12)18/h2-5,17H,1H3. The predicted molar refractivity (Wildman–Crippen MR) is 71.7 cm³/mol. The number of ketones is 1. The summed E-state index contributed by atoms with van der Waals surface area (Å²) in [4.78, 5) is 12.2. The molecular formula is C14H8Cl2O2. The fourth-order valence-electron chi connectivity index (χ4n) is 2.32. The number of phenols is 1. The molecule has 2 aromatic rings. The van der Waals surface area contributed by atoms with Crippen LogP contribution in [0.5, 0.6) is 5.75 Å². The molecule has 1 aliphatic rings. The Morgan fingerprint density at radius 3 is 2.50 bits per heavy atom. The average molecular weight is 279 g/mol. The molecule has 0 heterocycles. The molecule has 0 radical (unpaired) electrons. The lowest BCUT2D eigenvalue weighted by Gasteiger charge is -2.07. The largest absolute Gasteiger partial charge is 0.507 e. The maximum atomic E-state index is 12.2. The van der Waals surface area contributed by atoms with Gasteiger partial charge in [0.05, 0.1) is 10.6 Å². The van der Waals surface area contributed by atoms with Crippen molar-refractivity contribution in [2.75, 3.05) is 0 Å². The lowest BCUT2D eigenvalue weighted by molar-refractivity contribution is 0.104. The molecular weight excluding hydrogens is 271 g/mol. The zero-order chi connectivity index (χ0) is 13.0. The molecule has 90 valence electrons. The van der Waals surface area contributed by atoms with Crippen molar-refractivity contribution in [1.82, 2.24) is 0 Å². The van der Waals surface area contributed by atoms with Gasteiger partial charge in [-0.1, -0.05) is 29.3 Å². The van der Waals surface area contributed by atoms with Crippen LogP contribution in [0.15, 0.2) is 24.3 Å². The second-order valence-electron chi connectivity index (χ2n) is 4.30. The summed E-state index contributed by atoms with van der Waals surface area (Å²) >= 11 is 12.1. The van der Waals surface area contributed by atoms with Gasteiger partial charge in [-0.15, -0.1) is 0 Å². The van der Waals surface area contributed by atoms with Crippen molar-refractivity contribution in [3.63, 3.8) is 0 Å². The molecule has 1 aliphatic carbocycles. The van der Waals surface area contributed by atoms with E-state index in [4.69, 9.17) is 23.2 Å².